The smallest absolute Gasteiger partial charge is 0.0911 e. The Labute approximate surface area is 376 Å². The molecule has 4 nitrogen and oxygen atoms in total. The van der Waals surface area contributed by atoms with Crippen molar-refractivity contribution in [1.29, 1.82) is 0 Å². The summed E-state index contributed by atoms with van der Waals surface area (Å²) < 4.78 is 3.57. The Kier molecular flexibility index (Phi) is 41.7. The highest BCUT2D eigenvalue weighted by Gasteiger charge is 2.22. The molecule has 0 saturated carbocycles. The van der Waals surface area contributed by atoms with Crippen LogP contribution in [0.25, 0.3) is 0 Å². The average molecular weight is 837 g/mol. The minimum atomic E-state index is 1.19. The van der Waals surface area contributed by atoms with E-state index in [-0.39, 0.29) is 0 Å². The van der Waals surface area contributed by atoms with Gasteiger partial charge in [0.2, 0.25) is 0 Å². The lowest BCUT2D eigenvalue weighted by Gasteiger charge is -2.36. The molecule has 0 spiro atoms. The van der Waals surface area contributed by atoms with E-state index < -0.39 is 0 Å². The molecular weight excluding hydrogens is 717 g/mol. The summed E-state index contributed by atoms with van der Waals surface area (Å²) in [4.78, 5) is 2.88. The van der Waals surface area contributed by atoms with Crippen molar-refractivity contribution >= 4 is 0 Å². The van der Waals surface area contributed by atoms with Gasteiger partial charge in [-0.25, -0.2) is 0 Å². The third-order valence-corrected chi connectivity index (χ3v) is 14.1. The standard InChI is InChI=1S/C55H119N4/c1-10-13-16-19-22-25-28-31-34-37-40-43-50-57(4,5)53-46-47-56(48-54-58(6,7)51-44-41-38-35-32-29-26-23-20-17-14-11-2)49-55-59(8,9)52-45-42-39-36-33-30-27-24-21-18-15-12-3/h10-55H2,1-9H3/q+3. The monoisotopic (exact) mass is 836 g/mol. The molecule has 0 aliphatic carbocycles. The maximum Gasteiger partial charge on any atom is 0.0911 e. The third kappa shape index (κ3) is 44.3. The minimum absolute atomic E-state index is 1.19. The number of quaternary nitrogens is 3. The molecule has 0 aromatic rings. The van der Waals surface area contributed by atoms with Crippen LogP contribution < -0.4 is 0 Å². The van der Waals surface area contributed by atoms with Gasteiger partial charge in [0.05, 0.1) is 81.6 Å². The van der Waals surface area contributed by atoms with E-state index in [2.05, 4.69) is 68.0 Å². The molecule has 0 radical (unpaired) electrons. The van der Waals surface area contributed by atoms with Crippen LogP contribution in [0.5, 0.6) is 0 Å². The lowest BCUT2D eigenvalue weighted by Crippen LogP contribution is -2.50. The van der Waals surface area contributed by atoms with Crippen molar-refractivity contribution in [2.45, 2.75) is 258 Å². The van der Waals surface area contributed by atoms with Gasteiger partial charge in [0.15, 0.2) is 0 Å². The van der Waals surface area contributed by atoms with Crippen molar-refractivity contribution in [3.8, 4) is 0 Å². The van der Waals surface area contributed by atoms with E-state index in [1.807, 2.05) is 0 Å². The van der Waals surface area contributed by atoms with Crippen molar-refractivity contribution in [2.75, 3.05) is 101 Å². The molecule has 0 amide bonds. The van der Waals surface area contributed by atoms with Crippen LogP contribution in [0.3, 0.4) is 0 Å². The number of unbranched alkanes of at least 4 members (excludes halogenated alkanes) is 33. The summed E-state index contributed by atoms with van der Waals surface area (Å²) in [7, 11) is 15.1. The quantitative estimate of drug-likeness (QED) is 0.0436. The van der Waals surface area contributed by atoms with E-state index >= 15 is 0 Å². The van der Waals surface area contributed by atoms with Crippen LogP contribution in [0, 0.1) is 0 Å². The molecule has 0 unspecified atom stereocenters. The minimum Gasteiger partial charge on any atom is -0.328 e. The van der Waals surface area contributed by atoms with Gasteiger partial charge in [0.1, 0.15) is 0 Å². The topological polar surface area (TPSA) is 3.24 Å². The summed E-state index contributed by atoms with van der Waals surface area (Å²) in [6, 6.07) is 0. The second kappa shape index (κ2) is 41.8. The third-order valence-electron chi connectivity index (χ3n) is 14.1. The summed E-state index contributed by atoms with van der Waals surface area (Å²) in [6.07, 6.45) is 53.3. The molecule has 0 heterocycles. The van der Waals surface area contributed by atoms with E-state index in [1.54, 1.807) is 0 Å². The Hall–Kier alpha value is -0.160. The summed E-state index contributed by atoms with van der Waals surface area (Å²) in [6.45, 7) is 18.7. The van der Waals surface area contributed by atoms with Gasteiger partial charge in [-0.15, -0.1) is 0 Å². The first kappa shape index (κ1) is 58.8. The van der Waals surface area contributed by atoms with E-state index in [1.165, 1.54) is 310 Å². The highest BCUT2D eigenvalue weighted by molar-refractivity contribution is 4.60. The average Bonchev–Trinajstić information content (AvgIpc) is 3.20. The first-order valence-corrected chi connectivity index (χ1v) is 27.7. The number of hydrogen-bond acceptors (Lipinski definition) is 1. The van der Waals surface area contributed by atoms with Crippen LogP contribution in [0.4, 0.5) is 0 Å². The number of rotatable bonds is 49. The maximum absolute atomic E-state index is 2.88. The van der Waals surface area contributed by atoms with E-state index in [0.29, 0.717) is 0 Å². The van der Waals surface area contributed by atoms with Crippen molar-refractivity contribution < 1.29 is 13.4 Å². The van der Waals surface area contributed by atoms with Gasteiger partial charge >= 0.3 is 0 Å². The first-order valence-electron chi connectivity index (χ1n) is 27.7. The van der Waals surface area contributed by atoms with Crippen molar-refractivity contribution in [3.63, 3.8) is 0 Å². The van der Waals surface area contributed by atoms with Gasteiger partial charge in [0, 0.05) is 26.1 Å². The van der Waals surface area contributed by atoms with Gasteiger partial charge in [-0.2, -0.15) is 0 Å². The Morgan fingerprint density at radius 2 is 0.390 bits per heavy atom. The number of hydrogen-bond donors (Lipinski definition) is 0. The molecule has 0 fully saturated rings. The molecule has 0 aliphatic heterocycles. The van der Waals surface area contributed by atoms with Gasteiger partial charge in [-0.3, -0.25) is 4.90 Å². The lowest BCUT2D eigenvalue weighted by molar-refractivity contribution is -0.893. The normalized spacial score (nSPS) is 12.7. The van der Waals surface area contributed by atoms with E-state index in [9.17, 15) is 0 Å². The van der Waals surface area contributed by atoms with Crippen LogP contribution >= 0.6 is 0 Å². The van der Waals surface area contributed by atoms with Gasteiger partial charge in [0.25, 0.3) is 0 Å². The Morgan fingerprint density at radius 1 is 0.203 bits per heavy atom. The SMILES string of the molecule is CCCCCCCCCCCCCC[N+](C)(C)CCCN(CC[N+](C)(C)CCCCCCCCCCCCCC)CC[N+](C)(C)CCCCCCCCCCCCCC. The van der Waals surface area contributed by atoms with Crippen molar-refractivity contribution in [2.24, 2.45) is 0 Å². The molecule has 0 aromatic carbocycles. The molecule has 4 heteroatoms. The maximum atomic E-state index is 2.88. The highest BCUT2D eigenvalue weighted by Crippen LogP contribution is 2.16. The number of nitrogens with zero attached hydrogens (tertiary/aromatic N) is 4. The molecule has 59 heavy (non-hydrogen) atoms. The fourth-order valence-corrected chi connectivity index (χ4v) is 9.36. The van der Waals surface area contributed by atoms with E-state index in [0.717, 1.165) is 0 Å². The van der Waals surface area contributed by atoms with Crippen LogP contribution in [0.1, 0.15) is 258 Å². The zero-order valence-electron chi connectivity index (χ0n) is 43.3. The van der Waals surface area contributed by atoms with Crippen LogP contribution in [0.15, 0.2) is 0 Å². The molecular formula is C55H119N4+3. The molecule has 0 rings (SSSR count). The highest BCUT2D eigenvalue weighted by atomic mass is 15.3. The van der Waals surface area contributed by atoms with Gasteiger partial charge in [-0.05, 0) is 38.5 Å². The summed E-state index contributed by atoms with van der Waals surface area (Å²) >= 11 is 0. The van der Waals surface area contributed by atoms with Crippen LogP contribution in [0.2, 0.25) is 0 Å². The molecule has 0 aliphatic rings. The number of likely N-dealkylation sites (N-methyl/N-ethyl adjacent to an activating group) is 2. The Balaban J connectivity index is 4.63. The second-order valence-corrected chi connectivity index (χ2v) is 22.0. The largest absolute Gasteiger partial charge is 0.328 e. The predicted molar refractivity (Wildman–Crippen MR) is 270 cm³/mol. The Bertz CT molecular complexity index is 778. The fraction of sp³-hybridized carbons (Fsp3) is 1.00. The second-order valence-electron chi connectivity index (χ2n) is 22.0. The van der Waals surface area contributed by atoms with Gasteiger partial charge in [-0.1, -0.05) is 213 Å². The Morgan fingerprint density at radius 3 is 0.627 bits per heavy atom. The zero-order chi connectivity index (χ0) is 43.6. The molecule has 0 bridgehead atoms. The molecule has 0 N–H and O–H groups in total. The fourth-order valence-electron chi connectivity index (χ4n) is 9.36. The van der Waals surface area contributed by atoms with Gasteiger partial charge < -0.3 is 13.4 Å². The zero-order valence-corrected chi connectivity index (χ0v) is 43.3. The lowest BCUT2D eigenvalue weighted by atomic mass is 10.1. The van der Waals surface area contributed by atoms with Crippen molar-refractivity contribution in [3.05, 3.63) is 0 Å². The van der Waals surface area contributed by atoms with Crippen molar-refractivity contribution in [1.82, 2.24) is 4.90 Å². The molecule has 0 atom stereocenters. The summed E-state index contributed by atoms with van der Waals surface area (Å²) in [5.41, 5.74) is 0. The first-order chi connectivity index (χ1) is 28.5. The summed E-state index contributed by atoms with van der Waals surface area (Å²) in [5.74, 6) is 0. The van der Waals surface area contributed by atoms with Crippen LogP contribution in [-0.4, -0.2) is 120 Å². The molecule has 356 valence electrons. The summed E-state index contributed by atoms with van der Waals surface area (Å²) in [5, 5.41) is 0. The van der Waals surface area contributed by atoms with Crippen LogP contribution in [-0.2, 0) is 0 Å². The van der Waals surface area contributed by atoms with E-state index in [4.69, 9.17) is 0 Å². The predicted octanol–water partition coefficient (Wildman–Crippen LogP) is 16.0. The molecule has 0 aromatic heterocycles. The molecule has 0 saturated heterocycles.